The van der Waals surface area contributed by atoms with Gasteiger partial charge >= 0.3 is 6.01 Å². The summed E-state index contributed by atoms with van der Waals surface area (Å²) in [5.74, 6) is 3.11. The average Bonchev–Trinajstić information content (AvgIpc) is 2.95. The van der Waals surface area contributed by atoms with Crippen molar-refractivity contribution in [3.8, 4) is 0 Å². The van der Waals surface area contributed by atoms with Crippen LogP contribution >= 0.6 is 0 Å². The molecule has 0 spiro atoms. The first-order valence-corrected chi connectivity index (χ1v) is 8.50. The molecule has 0 radical (unpaired) electrons. The highest BCUT2D eigenvalue weighted by molar-refractivity contribution is 5.25. The minimum atomic E-state index is 0.637. The topological polar surface area (TPSA) is 54.2 Å². The first-order valence-electron chi connectivity index (χ1n) is 8.50. The lowest BCUT2D eigenvalue weighted by atomic mass is 9.75. The van der Waals surface area contributed by atoms with Crippen molar-refractivity contribution in [1.29, 1.82) is 0 Å². The van der Waals surface area contributed by atoms with Crippen LogP contribution < -0.4 is 10.2 Å². The fourth-order valence-electron chi connectivity index (χ4n) is 3.69. The van der Waals surface area contributed by atoms with E-state index in [0.717, 1.165) is 37.5 Å². The van der Waals surface area contributed by atoms with Crippen molar-refractivity contribution in [2.24, 2.45) is 17.8 Å². The summed E-state index contributed by atoms with van der Waals surface area (Å²) in [4.78, 5) is 2.30. The molecule has 1 aliphatic heterocycles. The van der Waals surface area contributed by atoms with Gasteiger partial charge in [0.25, 0.3) is 0 Å². The number of piperidine rings is 1. The second-order valence-electron chi connectivity index (χ2n) is 7.04. The number of fused-ring (bicyclic) bond motifs is 1. The molecule has 5 nitrogen and oxygen atoms in total. The highest BCUT2D eigenvalue weighted by Crippen LogP contribution is 2.37. The summed E-state index contributed by atoms with van der Waals surface area (Å²) in [6, 6.07) is 0.723. The van der Waals surface area contributed by atoms with Crippen LogP contribution in [0.1, 0.15) is 51.8 Å². The molecule has 1 aromatic heterocycles. The lowest BCUT2D eigenvalue weighted by Gasteiger charge is -2.40. The molecule has 3 rings (SSSR count). The molecule has 1 aromatic rings. The summed E-state index contributed by atoms with van der Waals surface area (Å²) < 4.78 is 5.83. The first kappa shape index (κ1) is 14.8. The maximum Gasteiger partial charge on any atom is 0.318 e. The van der Waals surface area contributed by atoms with Crippen LogP contribution in [0.3, 0.4) is 0 Å². The van der Waals surface area contributed by atoms with E-state index in [2.05, 4.69) is 34.3 Å². The molecule has 5 heteroatoms. The third-order valence-corrected chi connectivity index (χ3v) is 4.85. The van der Waals surface area contributed by atoms with E-state index < -0.39 is 0 Å². The lowest BCUT2D eigenvalue weighted by molar-refractivity contribution is 0.198. The number of hydrogen-bond donors (Lipinski definition) is 1. The Morgan fingerprint density at radius 1 is 1.19 bits per heavy atom. The highest BCUT2D eigenvalue weighted by atomic mass is 16.4. The summed E-state index contributed by atoms with van der Waals surface area (Å²) in [6.07, 6.45) is 6.90. The fourth-order valence-corrected chi connectivity index (χ4v) is 3.69. The third-order valence-electron chi connectivity index (χ3n) is 4.85. The fraction of sp³-hybridized carbons (Fsp3) is 0.875. The monoisotopic (exact) mass is 292 g/mol. The van der Waals surface area contributed by atoms with Gasteiger partial charge in [-0.05, 0) is 37.1 Å². The second-order valence-corrected chi connectivity index (χ2v) is 7.04. The van der Waals surface area contributed by atoms with Gasteiger partial charge in [0, 0.05) is 13.1 Å². The smallest absolute Gasteiger partial charge is 0.318 e. The molecule has 2 unspecified atom stereocenters. The summed E-state index contributed by atoms with van der Waals surface area (Å²) in [6.45, 7) is 8.21. The Bertz CT molecular complexity index is 445. The molecular formula is C16H28N4O. The molecule has 2 heterocycles. The van der Waals surface area contributed by atoms with E-state index in [1.807, 2.05) is 0 Å². The van der Waals surface area contributed by atoms with E-state index in [1.165, 1.54) is 32.1 Å². The zero-order valence-corrected chi connectivity index (χ0v) is 13.3. The number of rotatable bonds is 5. The predicted octanol–water partition coefficient (Wildman–Crippen LogP) is 2.83. The lowest BCUT2D eigenvalue weighted by Crippen LogP contribution is -2.42. The van der Waals surface area contributed by atoms with E-state index in [0.29, 0.717) is 18.4 Å². The van der Waals surface area contributed by atoms with Crippen molar-refractivity contribution in [3.05, 3.63) is 5.89 Å². The Hall–Kier alpha value is -1.10. The first-order chi connectivity index (χ1) is 10.2. The molecule has 0 bridgehead atoms. The van der Waals surface area contributed by atoms with Crippen molar-refractivity contribution in [2.45, 2.75) is 52.5 Å². The molecule has 0 aromatic carbocycles. The van der Waals surface area contributed by atoms with Gasteiger partial charge in [-0.1, -0.05) is 38.2 Å². The van der Waals surface area contributed by atoms with Gasteiger partial charge in [0.2, 0.25) is 5.89 Å². The van der Waals surface area contributed by atoms with Gasteiger partial charge in [0.15, 0.2) is 0 Å². The van der Waals surface area contributed by atoms with Crippen LogP contribution in [-0.4, -0.2) is 29.8 Å². The molecule has 118 valence electrons. The maximum atomic E-state index is 5.83. The standard InChI is InChI=1S/C16H28N4O/c1-12(2)9-17-10-15-18-19-16(21-15)20-8-7-13-5-3-4-6-14(13)11-20/h12-14,17H,3-11H2,1-2H3. The van der Waals surface area contributed by atoms with Crippen LogP contribution in [0.4, 0.5) is 6.01 Å². The van der Waals surface area contributed by atoms with Gasteiger partial charge in [-0.2, -0.15) is 0 Å². The van der Waals surface area contributed by atoms with Crippen molar-refractivity contribution < 1.29 is 4.42 Å². The van der Waals surface area contributed by atoms with E-state index in [1.54, 1.807) is 0 Å². The molecule has 2 aliphatic rings. The summed E-state index contributed by atoms with van der Waals surface area (Å²) in [5.41, 5.74) is 0. The van der Waals surface area contributed by atoms with Crippen molar-refractivity contribution in [3.63, 3.8) is 0 Å². The van der Waals surface area contributed by atoms with Gasteiger partial charge in [0.05, 0.1) is 6.54 Å². The minimum Gasteiger partial charge on any atom is -0.407 e. The van der Waals surface area contributed by atoms with Crippen molar-refractivity contribution >= 4 is 6.01 Å². The number of hydrogen-bond acceptors (Lipinski definition) is 5. The Morgan fingerprint density at radius 3 is 2.81 bits per heavy atom. The summed E-state index contributed by atoms with van der Waals surface area (Å²) in [5, 5.41) is 11.8. The Kier molecular flexibility index (Phi) is 4.78. The van der Waals surface area contributed by atoms with E-state index in [4.69, 9.17) is 4.42 Å². The van der Waals surface area contributed by atoms with Gasteiger partial charge in [0.1, 0.15) is 0 Å². The van der Waals surface area contributed by atoms with Crippen LogP contribution in [0.2, 0.25) is 0 Å². The zero-order chi connectivity index (χ0) is 14.7. The number of aromatic nitrogens is 2. The zero-order valence-electron chi connectivity index (χ0n) is 13.3. The summed E-state index contributed by atoms with van der Waals surface area (Å²) in [7, 11) is 0. The van der Waals surface area contributed by atoms with Gasteiger partial charge in [-0.3, -0.25) is 0 Å². The molecule has 2 atom stereocenters. The van der Waals surface area contributed by atoms with E-state index >= 15 is 0 Å². The minimum absolute atomic E-state index is 0.637. The summed E-state index contributed by atoms with van der Waals surface area (Å²) >= 11 is 0. The number of anilines is 1. The van der Waals surface area contributed by atoms with Crippen LogP contribution in [0.5, 0.6) is 0 Å². The van der Waals surface area contributed by atoms with Crippen molar-refractivity contribution in [2.75, 3.05) is 24.5 Å². The molecule has 1 saturated heterocycles. The molecule has 1 aliphatic carbocycles. The Balaban J connectivity index is 1.53. The molecule has 1 N–H and O–H groups in total. The second kappa shape index (κ2) is 6.77. The molecule has 0 amide bonds. The van der Waals surface area contributed by atoms with E-state index in [-0.39, 0.29) is 0 Å². The van der Waals surface area contributed by atoms with Gasteiger partial charge in [-0.25, -0.2) is 0 Å². The maximum absolute atomic E-state index is 5.83. The van der Waals surface area contributed by atoms with Crippen molar-refractivity contribution in [1.82, 2.24) is 15.5 Å². The largest absolute Gasteiger partial charge is 0.407 e. The quantitative estimate of drug-likeness (QED) is 0.904. The molecule has 21 heavy (non-hydrogen) atoms. The number of nitrogens with one attached hydrogen (secondary N) is 1. The SMILES string of the molecule is CC(C)CNCc1nnc(N2CCC3CCCCC3C2)o1. The average molecular weight is 292 g/mol. The molecule has 1 saturated carbocycles. The van der Waals surface area contributed by atoms with E-state index in [9.17, 15) is 0 Å². The molecular weight excluding hydrogens is 264 g/mol. The molecule has 2 fully saturated rings. The number of nitrogens with zero attached hydrogens (tertiary/aromatic N) is 3. The third kappa shape index (κ3) is 3.76. The van der Waals surface area contributed by atoms with Crippen LogP contribution in [-0.2, 0) is 6.54 Å². The Morgan fingerprint density at radius 2 is 2.00 bits per heavy atom. The van der Waals surface area contributed by atoms with Gasteiger partial charge < -0.3 is 14.6 Å². The predicted molar refractivity (Wildman–Crippen MR) is 83.1 cm³/mol. The van der Waals surface area contributed by atoms with Crippen LogP contribution in [0.25, 0.3) is 0 Å². The normalized spacial score (nSPS) is 26.1. The van der Waals surface area contributed by atoms with Crippen LogP contribution in [0.15, 0.2) is 4.42 Å². The van der Waals surface area contributed by atoms with Crippen LogP contribution in [0, 0.1) is 17.8 Å². The Labute approximate surface area is 127 Å². The highest BCUT2D eigenvalue weighted by Gasteiger charge is 2.32. The van der Waals surface area contributed by atoms with Gasteiger partial charge in [-0.15, -0.1) is 5.10 Å².